The fourth-order valence-corrected chi connectivity index (χ4v) is 2.25. The van der Waals surface area contributed by atoms with Gasteiger partial charge in [0, 0.05) is 11.4 Å². The molecule has 0 saturated heterocycles. The molecule has 19 heavy (non-hydrogen) atoms. The Hall–Kier alpha value is -2.21. The molecule has 2 aromatic rings. The van der Waals surface area contributed by atoms with Crippen molar-refractivity contribution in [2.24, 2.45) is 0 Å². The highest BCUT2D eigenvalue weighted by Crippen LogP contribution is 2.20. The minimum Gasteiger partial charge on any atom is -0.393 e. The van der Waals surface area contributed by atoms with Crippen LogP contribution >= 0.6 is 0 Å². The van der Waals surface area contributed by atoms with E-state index in [0.29, 0.717) is 23.6 Å². The minimum atomic E-state index is -0.329. The van der Waals surface area contributed by atoms with Crippen molar-refractivity contribution in [1.82, 2.24) is 15.5 Å². The molecule has 3 rings (SSSR count). The van der Waals surface area contributed by atoms with Gasteiger partial charge in [0.2, 0.25) is 0 Å². The highest BCUT2D eigenvalue weighted by molar-refractivity contribution is 6.04. The lowest BCUT2D eigenvalue weighted by atomic mass is 9.89. The fourth-order valence-electron chi connectivity index (χ4n) is 2.25. The monoisotopic (exact) mass is 259 g/mol. The Kier molecular flexibility index (Phi) is 2.79. The number of H-pyrrole nitrogens is 1. The summed E-state index contributed by atoms with van der Waals surface area (Å²) in [5, 5.41) is 19.1. The summed E-state index contributed by atoms with van der Waals surface area (Å²) in [6, 6.07) is 6.83. The normalized spacial score (nSPS) is 21.9. The van der Waals surface area contributed by atoms with Crippen molar-refractivity contribution in [3.8, 4) is 0 Å². The van der Waals surface area contributed by atoms with E-state index in [0.717, 1.165) is 0 Å². The lowest BCUT2D eigenvalue weighted by Crippen LogP contribution is -2.47. The van der Waals surface area contributed by atoms with Gasteiger partial charge in [-0.1, -0.05) is 18.2 Å². The second-order valence-electron chi connectivity index (χ2n) is 4.74. The van der Waals surface area contributed by atoms with E-state index >= 15 is 0 Å². The predicted octanol–water partition coefficient (Wildman–Crippen LogP) is 0.176. The quantitative estimate of drug-likeness (QED) is 0.716. The van der Waals surface area contributed by atoms with Crippen molar-refractivity contribution in [2.75, 3.05) is 0 Å². The van der Waals surface area contributed by atoms with E-state index in [-0.39, 0.29) is 29.3 Å². The number of aromatic amines is 1. The first kappa shape index (κ1) is 11.9. The van der Waals surface area contributed by atoms with E-state index < -0.39 is 0 Å². The van der Waals surface area contributed by atoms with Crippen molar-refractivity contribution in [3.05, 3.63) is 40.3 Å². The summed E-state index contributed by atoms with van der Waals surface area (Å²) >= 11 is 0. The zero-order chi connectivity index (χ0) is 13.4. The largest absolute Gasteiger partial charge is 0.393 e. The van der Waals surface area contributed by atoms with Crippen LogP contribution in [0.15, 0.2) is 29.1 Å². The first-order valence-electron chi connectivity index (χ1n) is 6.11. The van der Waals surface area contributed by atoms with Crippen molar-refractivity contribution in [1.29, 1.82) is 0 Å². The molecule has 6 heteroatoms. The number of rotatable bonds is 2. The Balaban J connectivity index is 1.94. The van der Waals surface area contributed by atoms with E-state index in [9.17, 15) is 14.7 Å². The molecule has 1 aromatic heterocycles. The van der Waals surface area contributed by atoms with Crippen LogP contribution in [0.3, 0.4) is 0 Å². The Labute approximate surface area is 108 Å². The molecule has 1 saturated carbocycles. The molecule has 3 N–H and O–H groups in total. The number of benzene rings is 1. The second-order valence-corrected chi connectivity index (χ2v) is 4.74. The maximum absolute atomic E-state index is 12.1. The van der Waals surface area contributed by atoms with Crippen LogP contribution in [-0.2, 0) is 0 Å². The van der Waals surface area contributed by atoms with Crippen molar-refractivity contribution in [2.45, 2.75) is 25.0 Å². The molecule has 0 spiro atoms. The van der Waals surface area contributed by atoms with Crippen molar-refractivity contribution >= 4 is 16.7 Å². The topological polar surface area (TPSA) is 95.1 Å². The Morgan fingerprint density at radius 1 is 1.32 bits per heavy atom. The van der Waals surface area contributed by atoms with Crippen LogP contribution in [0.5, 0.6) is 0 Å². The lowest BCUT2D eigenvalue weighted by molar-refractivity contribution is 0.0561. The van der Waals surface area contributed by atoms with Crippen molar-refractivity contribution < 1.29 is 9.90 Å². The fraction of sp³-hybridized carbons (Fsp3) is 0.308. The molecule has 6 nitrogen and oxygen atoms in total. The van der Waals surface area contributed by atoms with Gasteiger partial charge in [0.05, 0.1) is 11.5 Å². The van der Waals surface area contributed by atoms with E-state index in [4.69, 9.17) is 0 Å². The molecule has 1 aliphatic rings. The van der Waals surface area contributed by atoms with E-state index in [1.807, 2.05) is 0 Å². The van der Waals surface area contributed by atoms with Crippen LogP contribution < -0.4 is 10.9 Å². The minimum absolute atomic E-state index is 0.0185. The number of hydrogen-bond donors (Lipinski definition) is 3. The van der Waals surface area contributed by atoms with Gasteiger partial charge in [-0.3, -0.25) is 9.59 Å². The number of hydrogen-bond acceptors (Lipinski definition) is 4. The van der Waals surface area contributed by atoms with Crippen LogP contribution in [0.2, 0.25) is 0 Å². The Morgan fingerprint density at radius 3 is 2.68 bits per heavy atom. The van der Waals surface area contributed by atoms with Crippen LogP contribution in [0, 0.1) is 0 Å². The average Bonchev–Trinajstić information content (AvgIpc) is 2.37. The third-order valence-electron chi connectivity index (χ3n) is 3.36. The molecule has 0 atom stereocenters. The van der Waals surface area contributed by atoms with Gasteiger partial charge < -0.3 is 10.4 Å². The van der Waals surface area contributed by atoms with Gasteiger partial charge in [-0.05, 0) is 18.9 Å². The highest BCUT2D eigenvalue weighted by atomic mass is 16.3. The molecular weight excluding hydrogens is 246 g/mol. The van der Waals surface area contributed by atoms with E-state index in [2.05, 4.69) is 15.5 Å². The summed E-state index contributed by atoms with van der Waals surface area (Å²) in [6.45, 7) is 0. The zero-order valence-corrected chi connectivity index (χ0v) is 10.1. The molecule has 98 valence electrons. The van der Waals surface area contributed by atoms with E-state index in [1.165, 1.54) is 0 Å². The van der Waals surface area contributed by atoms with Gasteiger partial charge in [0.1, 0.15) is 0 Å². The summed E-state index contributed by atoms with van der Waals surface area (Å²) < 4.78 is 0. The summed E-state index contributed by atoms with van der Waals surface area (Å²) in [4.78, 5) is 23.7. The Morgan fingerprint density at radius 2 is 2.00 bits per heavy atom. The van der Waals surface area contributed by atoms with Crippen LogP contribution in [0.25, 0.3) is 10.8 Å². The van der Waals surface area contributed by atoms with E-state index in [1.54, 1.807) is 24.3 Å². The summed E-state index contributed by atoms with van der Waals surface area (Å²) in [6.07, 6.45) is 0.797. The number of amides is 1. The third kappa shape index (κ3) is 2.10. The predicted molar refractivity (Wildman–Crippen MR) is 68.9 cm³/mol. The Bertz CT molecular complexity index is 689. The second kappa shape index (κ2) is 4.47. The molecule has 1 aromatic carbocycles. The summed E-state index contributed by atoms with van der Waals surface area (Å²) in [5.74, 6) is -0.329. The molecule has 1 amide bonds. The number of carbonyl (C=O) groups excluding carboxylic acids is 1. The van der Waals surface area contributed by atoms with Crippen LogP contribution in [0.4, 0.5) is 0 Å². The smallest absolute Gasteiger partial charge is 0.272 e. The average molecular weight is 259 g/mol. The number of aliphatic hydroxyl groups excluding tert-OH is 1. The van der Waals surface area contributed by atoms with Gasteiger partial charge in [0.25, 0.3) is 11.5 Å². The molecule has 1 fully saturated rings. The maximum Gasteiger partial charge on any atom is 0.272 e. The molecule has 1 heterocycles. The van der Waals surface area contributed by atoms with Gasteiger partial charge >= 0.3 is 0 Å². The van der Waals surface area contributed by atoms with Gasteiger partial charge in [0.15, 0.2) is 5.69 Å². The first-order valence-corrected chi connectivity index (χ1v) is 6.11. The highest BCUT2D eigenvalue weighted by Gasteiger charge is 2.29. The SMILES string of the molecule is O=C(NC1CC(O)C1)c1n[nH]c(=O)c2ccccc12. The lowest BCUT2D eigenvalue weighted by Gasteiger charge is -2.31. The number of aromatic nitrogens is 2. The summed E-state index contributed by atoms with van der Waals surface area (Å²) in [7, 11) is 0. The molecule has 0 radical (unpaired) electrons. The number of aliphatic hydroxyl groups is 1. The standard InChI is InChI=1S/C13H13N3O3/c17-8-5-7(6-8)14-13(19)11-9-3-1-2-4-10(9)12(18)16-15-11/h1-4,7-8,17H,5-6H2,(H,14,19)(H,16,18). The number of fused-ring (bicyclic) bond motifs is 1. The van der Waals surface area contributed by atoms with Crippen LogP contribution in [-0.4, -0.2) is 33.4 Å². The third-order valence-corrected chi connectivity index (χ3v) is 3.36. The molecule has 0 bridgehead atoms. The number of nitrogens with zero attached hydrogens (tertiary/aromatic N) is 1. The molecule has 1 aliphatic carbocycles. The number of nitrogens with one attached hydrogen (secondary N) is 2. The van der Waals surface area contributed by atoms with Crippen molar-refractivity contribution in [3.63, 3.8) is 0 Å². The van der Waals surface area contributed by atoms with Gasteiger partial charge in [-0.2, -0.15) is 5.10 Å². The van der Waals surface area contributed by atoms with Gasteiger partial charge in [-0.15, -0.1) is 0 Å². The number of carbonyl (C=O) groups is 1. The zero-order valence-electron chi connectivity index (χ0n) is 10.1. The molecule has 0 unspecified atom stereocenters. The van der Waals surface area contributed by atoms with Gasteiger partial charge in [-0.25, -0.2) is 5.10 Å². The maximum atomic E-state index is 12.1. The van der Waals surface area contributed by atoms with Crippen LogP contribution in [0.1, 0.15) is 23.3 Å². The molecular formula is C13H13N3O3. The molecule has 0 aliphatic heterocycles. The first-order chi connectivity index (χ1) is 9.15. The summed E-state index contributed by atoms with van der Waals surface area (Å²) in [5.41, 5.74) is -0.109.